The van der Waals surface area contributed by atoms with Crippen LogP contribution < -0.4 is 4.90 Å². The van der Waals surface area contributed by atoms with Gasteiger partial charge >= 0.3 is 0 Å². The summed E-state index contributed by atoms with van der Waals surface area (Å²) >= 11 is 5.84. The Morgan fingerprint density at radius 3 is 2.58 bits per heavy atom. The second-order valence-electron chi connectivity index (χ2n) is 3.89. The topological polar surface area (TPSA) is 33.2 Å². The van der Waals surface area contributed by atoms with E-state index in [0.29, 0.717) is 17.3 Å². The molecule has 0 unspecified atom stereocenters. The molecule has 2 aromatic rings. The van der Waals surface area contributed by atoms with Crippen LogP contribution in [0.3, 0.4) is 0 Å². The van der Waals surface area contributed by atoms with E-state index < -0.39 is 0 Å². The molecule has 1 amide bonds. The molecule has 0 spiro atoms. The van der Waals surface area contributed by atoms with E-state index in [4.69, 9.17) is 11.6 Å². The summed E-state index contributed by atoms with van der Waals surface area (Å²) in [5.41, 5.74) is 0.884. The van der Waals surface area contributed by atoms with Crippen LogP contribution in [0.5, 0.6) is 0 Å². The van der Waals surface area contributed by atoms with Gasteiger partial charge in [-0.3, -0.25) is 9.78 Å². The van der Waals surface area contributed by atoms with Gasteiger partial charge in [-0.15, -0.1) is 0 Å². The lowest BCUT2D eigenvalue weighted by molar-refractivity contribution is 0.0983. The normalized spacial score (nSPS) is 10.3. The first-order valence-electron chi connectivity index (χ1n) is 5.81. The maximum absolute atomic E-state index is 12.9. The van der Waals surface area contributed by atoms with Gasteiger partial charge in [0.15, 0.2) is 0 Å². The van der Waals surface area contributed by atoms with Gasteiger partial charge < -0.3 is 4.90 Å². The van der Waals surface area contributed by atoms with E-state index in [1.807, 2.05) is 6.92 Å². The van der Waals surface area contributed by atoms with Gasteiger partial charge in [-0.1, -0.05) is 11.6 Å². The highest BCUT2D eigenvalue weighted by Crippen LogP contribution is 2.18. The molecule has 0 bridgehead atoms. The van der Waals surface area contributed by atoms with Gasteiger partial charge in [0.05, 0.1) is 0 Å². The van der Waals surface area contributed by atoms with Gasteiger partial charge in [-0.2, -0.15) is 0 Å². The van der Waals surface area contributed by atoms with Gasteiger partial charge in [-0.25, -0.2) is 4.39 Å². The quantitative estimate of drug-likeness (QED) is 0.860. The van der Waals surface area contributed by atoms with Crippen LogP contribution >= 0.6 is 11.6 Å². The number of rotatable bonds is 3. The van der Waals surface area contributed by atoms with Crippen molar-refractivity contribution < 1.29 is 9.18 Å². The van der Waals surface area contributed by atoms with Crippen molar-refractivity contribution in [2.24, 2.45) is 0 Å². The molecule has 0 saturated heterocycles. The summed E-state index contributed by atoms with van der Waals surface area (Å²) in [6, 6.07) is 8.86. The van der Waals surface area contributed by atoms with Crippen molar-refractivity contribution in [1.29, 1.82) is 0 Å². The van der Waals surface area contributed by atoms with E-state index in [-0.39, 0.29) is 17.4 Å². The summed E-state index contributed by atoms with van der Waals surface area (Å²) in [5.74, 6) is -0.607. The fraction of sp³-hybridized carbons (Fsp3) is 0.143. The minimum absolute atomic E-state index is 0.263. The number of hydrogen-bond acceptors (Lipinski definition) is 2. The minimum Gasteiger partial charge on any atom is -0.307 e. The monoisotopic (exact) mass is 278 g/mol. The number of amides is 1. The molecule has 1 aromatic heterocycles. The van der Waals surface area contributed by atoms with E-state index in [0.717, 1.165) is 0 Å². The Morgan fingerprint density at radius 2 is 2.00 bits per heavy atom. The van der Waals surface area contributed by atoms with Crippen LogP contribution in [0.1, 0.15) is 17.4 Å². The molecule has 3 nitrogen and oxygen atoms in total. The highest BCUT2D eigenvalue weighted by Gasteiger charge is 2.17. The Balaban J connectivity index is 2.31. The van der Waals surface area contributed by atoms with Crippen LogP contribution in [0.2, 0.25) is 5.02 Å². The van der Waals surface area contributed by atoms with Crippen LogP contribution in [0.4, 0.5) is 10.1 Å². The van der Waals surface area contributed by atoms with E-state index in [1.165, 1.54) is 29.3 Å². The van der Waals surface area contributed by atoms with Crippen LogP contribution in [0.25, 0.3) is 0 Å². The van der Waals surface area contributed by atoms with Gasteiger partial charge in [0.25, 0.3) is 5.91 Å². The standard InChI is InChI=1S/C14H12ClFN2O/c1-2-18(12-5-3-11(16)4-6-12)14(19)13-9-10(15)7-8-17-13/h3-9H,2H2,1H3. The van der Waals surface area contributed by atoms with Crippen molar-refractivity contribution >= 4 is 23.2 Å². The molecule has 1 heterocycles. The average molecular weight is 279 g/mol. The Morgan fingerprint density at radius 1 is 1.32 bits per heavy atom. The Hall–Kier alpha value is -1.94. The maximum Gasteiger partial charge on any atom is 0.276 e. The fourth-order valence-electron chi connectivity index (χ4n) is 1.72. The Bertz CT molecular complexity index is 586. The number of pyridine rings is 1. The van der Waals surface area contributed by atoms with Gasteiger partial charge in [-0.05, 0) is 43.3 Å². The first-order chi connectivity index (χ1) is 9.11. The third-order valence-corrected chi connectivity index (χ3v) is 2.88. The minimum atomic E-state index is -0.340. The van der Waals surface area contributed by atoms with Gasteiger partial charge in [0.1, 0.15) is 11.5 Å². The molecular weight excluding hydrogens is 267 g/mol. The Labute approximate surface area is 115 Å². The summed E-state index contributed by atoms with van der Waals surface area (Å²) in [4.78, 5) is 17.8. The predicted octanol–water partition coefficient (Wildman–Crippen LogP) is 3.54. The third-order valence-electron chi connectivity index (χ3n) is 2.64. The second-order valence-corrected chi connectivity index (χ2v) is 4.32. The molecule has 98 valence electrons. The number of benzene rings is 1. The molecule has 2 rings (SSSR count). The van der Waals surface area contributed by atoms with Crippen molar-refractivity contribution in [3.63, 3.8) is 0 Å². The van der Waals surface area contributed by atoms with Gasteiger partial charge in [0, 0.05) is 23.5 Å². The van der Waals surface area contributed by atoms with Crippen molar-refractivity contribution in [2.75, 3.05) is 11.4 Å². The number of carbonyl (C=O) groups excluding carboxylic acids is 1. The third kappa shape index (κ3) is 3.09. The lowest BCUT2D eigenvalue weighted by Gasteiger charge is -2.20. The molecule has 5 heteroatoms. The fourth-order valence-corrected chi connectivity index (χ4v) is 1.88. The summed E-state index contributed by atoms with van der Waals surface area (Å²) < 4.78 is 12.9. The molecule has 19 heavy (non-hydrogen) atoms. The zero-order valence-corrected chi connectivity index (χ0v) is 11.1. The van der Waals surface area contributed by atoms with E-state index in [1.54, 1.807) is 18.2 Å². The number of hydrogen-bond donors (Lipinski definition) is 0. The van der Waals surface area contributed by atoms with Crippen molar-refractivity contribution in [3.05, 3.63) is 59.1 Å². The molecule has 0 atom stereocenters. The first-order valence-corrected chi connectivity index (χ1v) is 6.18. The zero-order valence-electron chi connectivity index (χ0n) is 10.3. The summed E-state index contributed by atoms with van der Waals surface area (Å²) in [5, 5.41) is 0.452. The number of aromatic nitrogens is 1. The van der Waals surface area contributed by atoms with E-state index >= 15 is 0 Å². The molecule has 0 aliphatic rings. The molecule has 0 fully saturated rings. The number of nitrogens with zero attached hydrogens (tertiary/aromatic N) is 2. The number of halogens is 2. The van der Waals surface area contributed by atoms with Crippen LogP contribution in [-0.2, 0) is 0 Å². The largest absolute Gasteiger partial charge is 0.307 e. The lowest BCUT2D eigenvalue weighted by atomic mass is 10.2. The predicted molar refractivity (Wildman–Crippen MR) is 73.0 cm³/mol. The second kappa shape index (κ2) is 5.80. The summed E-state index contributed by atoms with van der Waals surface area (Å²) in [7, 11) is 0. The zero-order chi connectivity index (χ0) is 13.8. The lowest BCUT2D eigenvalue weighted by Crippen LogP contribution is -2.31. The highest BCUT2D eigenvalue weighted by atomic mass is 35.5. The van der Waals surface area contributed by atoms with E-state index in [2.05, 4.69) is 4.98 Å². The molecule has 0 radical (unpaired) electrons. The molecule has 0 aliphatic heterocycles. The number of anilines is 1. The summed E-state index contributed by atoms with van der Waals surface area (Å²) in [6.45, 7) is 2.30. The average Bonchev–Trinajstić information content (AvgIpc) is 2.41. The summed E-state index contributed by atoms with van der Waals surface area (Å²) in [6.07, 6.45) is 1.48. The maximum atomic E-state index is 12.9. The number of carbonyl (C=O) groups is 1. The molecule has 1 aromatic carbocycles. The van der Waals surface area contributed by atoms with Crippen LogP contribution in [0.15, 0.2) is 42.6 Å². The molecule has 0 aliphatic carbocycles. The molecule has 0 saturated carbocycles. The van der Waals surface area contributed by atoms with Crippen LogP contribution in [-0.4, -0.2) is 17.4 Å². The van der Waals surface area contributed by atoms with Crippen molar-refractivity contribution in [1.82, 2.24) is 4.98 Å². The SMILES string of the molecule is CCN(C(=O)c1cc(Cl)ccn1)c1ccc(F)cc1. The first kappa shape index (κ1) is 13.5. The van der Waals surface area contributed by atoms with E-state index in [9.17, 15) is 9.18 Å². The molecular formula is C14H12ClFN2O. The van der Waals surface area contributed by atoms with Crippen molar-refractivity contribution in [3.8, 4) is 0 Å². The smallest absolute Gasteiger partial charge is 0.276 e. The van der Waals surface area contributed by atoms with Crippen molar-refractivity contribution in [2.45, 2.75) is 6.92 Å². The van der Waals surface area contributed by atoms with Gasteiger partial charge in [0.2, 0.25) is 0 Å². The Kier molecular flexibility index (Phi) is 4.12. The highest BCUT2D eigenvalue weighted by molar-refractivity contribution is 6.31. The molecule has 0 N–H and O–H groups in total. The van der Waals surface area contributed by atoms with Crippen LogP contribution in [0, 0.1) is 5.82 Å².